The van der Waals surface area contributed by atoms with Gasteiger partial charge in [0.15, 0.2) is 0 Å². The molecule has 1 aromatic heterocycles. The van der Waals surface area contributed by atoms with E-state index in [9.17, 15) is 0 Å². The van der Waals surface area contributed by atoms with Crippen molar-refractivity contribution < 1.29 is 0 Å². The molecule has 2 rings (SSSR count). The molecule has 0 spiro atoms. The number of aromatic nitrogens is 1. The van der Waals surface area contributed by atoms with Crippen molar-refractivity contribution in [1.29, 1.82) is 0 Å². The van der Waals surface area contributed by atoms with E-state index in [1.165, 1.54) is 0 Å². The maximum absolute atomic E-state index is 6.20. The molecule has 1 N–H and O–H groups in total. The van der Waals surface area contributed by atoms with Gasteiger partial charge in [0.2, 0.25) is 0 Å². The number of thiazole rings is 1. The average molecular weight is 346 g/mol. The lowest BCUT2D eigenvalue weighted by molar-refractivity contribution is 0.583. The summed E-state index contributed by atoms with van der Waals surface area (Å²) in [5, 5.41) is 7.12. The van der Waals surface area contributed by atoms with Gasteiger partial charge >= 0.3 is 0 Å². The van der Waals surface area contributed by atoms with Crippen molar-refractivity contribution in [3.8, 4) is 10.6 Å². The van der Waals surface area contributed by atoms with E-state index in [1.807, 2.05) is 18.2 Å². The number of hydrogen-bond donors (Lipinski definition) is 1. The minimum Gasteiger partial charge on any atom is -0.309 e. The molecule has 0 bridgehead atoms. The zero-order chi connectivity index (χ0) is 13.1. The highest BCUT2D eigenvalue weighted by Gasteiger charge is 2.09. The maximum atomic E-state index is 6.20. The van der Waals surface area contributed by atoms with E-state index in [2.05, 4.69) is 45.5 Å². The summed E-state index contributed by atoms with van der Waals surface area (Å²) in [4.78, 5) is 4.61. The summed E-state index contributed by atoms with van der Waals surface area (Å²) in [7, 11) is 0. The van der Waals surface area contributed by atoms with Crippen LogP contribution >= 0.6 is 38.9 Å². The van der Waals surface area contributed by atoms with Crippen molar-refractivity contribution in [2.45, 2.75) is 26.4 Å². The summed E-state index contributed by atoms with van der Waals surface area (Å²) < 4.78 is 1.01. The molecule has 0 aliphatic rings. The number of halogens is 2. The van der Waals surface area contributed by atoms with Gasteiger partial charge in [0.05, 0.1) is 10.7 Å². The van der Waals surface area contributed by atoms with Crippen molar-refractivity contribution in [1.82, 2.24) is 10.3 Å². The first-order chi connectivity index (χ1) is 8.56. The molecule has 0 aliphatic heterocycles. The van der Waals surface area contributed by atoms with Crippen molar-refractivity contribution in [3.05, 3.63) is 38.8 Å². The maximum Gasteiger partial charge on any atom is 0.125 e. The topological polar surface area (TPSA) is 24.9 Å². The quantitative estimate of drug-likeness (QED) is 0.867. The van der Waals surface area contributed by atoms with Crippen LogP contribution in [0.15, 0.2) is 28.1 Å². The van der Waals surface area contributed by atoms with E-state index in [0.717, 1.165) is 32.3 Å². The number of hydrogen-bond acceptors (Lipinski definition) is 3. The monoisotopic (exact) mass is 344 g/mol. The molecule has 1 heterocycles. The summed E-state index contributed by atoms with van der Waals surface area (Å²) >= 11 is 11.3. The Morgan fingerprint density at radius 2 is 2.22 bits per heavy atom. The molecule has 0 amide bonds. The predicted octanol–water partition coefficient (Wildman–Crippen LogP) is 4.72. The molecule has 0 unspecified atom stereocenters. The van der Waals surface area contributed by atoms with E-state index in [0.29, 0.717) is 6.04 Å². The molecule has 0 aliphatic carbocycles. The van der Waals surface area contributed by atoms with Gasteiger partial charge in [0.1, 0.15) is 5.01 Å². The van der Waals surface area contributed by atoms with Gasteiger partial charge in [-0.05, 0) is 18.2 Å². The van der Waals surface area contributed by atoms with Crippen LogP contribution in [-0.2, 0) is 6.54 Å². The molecule has 0 atom stereocenters. The minimum absolute atomic E-state index is 0.463. The Bertz CT molecular complexity index is 540. The second kappa shape index (κ2) is 6.15. The number of benzene rings is 1. The van der Waals surface area contributed by atoms with E-state index >= 15 is 0 Å². The molecule has 1 aromatic carbocycles. The normalized spacial score (nSPS) is 11.2. The van der Waals surface area contributed by atoms with Gasteiger partial charge in [-0.3, -0.25) is 0 Å². The molecule has 18 heavy (non-hydrogen) atoms. The summed E-state index contributed by atoms with van der Waals surface area (Å²) in [5.74, 6) is 0. The zero-order valence-corrected chi connectivity index (χ0v) is 13.4. The summed E-state index contributed by atoms with van der Waals surface area (Å²) in [6, 6.07) is 6.28. The highest BCUT2D eigenvalue weighted by Crippen LogP contribution is 2.32. The number of nitrogens with one attached hydrogen (secondary N) is 1. The van der Waals surface area contributed by atoms with Gasteiger partial charge in [-0.15, -0.1) is 11.3 Å². The van der Waals surface area contributed by atoms with E-state index in [4.69, 9.17) is 11.6 Å². The Labute approximate surface area is 125 Å². The third-order valence-electron chi connectivity index (χ3n) is 2.40. The molecule has 0 radical (unpaired) electrons. The smallest absolute Gasteiger partial charge is 0.125 e. The lowest BCUT2D eigenvalue weighted by atomic mass is 10.2. The SMILES string of the molecule is CC(C)NCc1csc(-c2cc(Br)ccc2Cl)n1. The molecule has 96 valence electrons. The largest absolute Gasteiger partial charge is 0.309 e. The Morgan fingerprint density at radius 3 is 2.94 bits per heavy atom. The second-order valence-electron chi connectivity index (χ2n) is 4.30. The van der Waals surface area contributed by atoms with Gasteiger partial charge < -0.3 is 5.32 Å². The predicted molar refractivity (Wildman–Crippen MR) is 82.2 cm³/mol. The third-order valence-corrected chi connectivity index (χ3v) is 4.15. The van der Waals surface area contributed by atoms with Gasteiger partial charge in [-0.1, -0.05) is 41.4 Å². The molecule has 5 heteroatoms. The fraction of sp³-hybridized carbons (Fsp3) is 0.308. The van der Waals surface area contributed by atoms with Crippen LogP contribution in [0, 0.1) is 0 Å². The average Bonchev–Trinajstić information content (AvgIpc) is 2.78. The van der Waals surface area contributed by atoms with Crippen LogP contribution in [0.5, 0.6) is 0 Å². The molecular weight excluding hydrogens is 332 g/mol. The van der Waals surface area contributed by atoms with Crippen molar-refractivity contribution in [2.24, 2.45) is 0 Å². The molecular formula is C13H14BrClN2S. The molecule has 0 saturated heterocycles. The molecule has 2 nitrogen and oxygen atoms in total. The summed E-state index contributed by atoms with van der Waals surface area (Å²) in [6.07, 6.45) is 0. The fourth-order valence-corrected chi connectivity index (χ4v) is 2.96. The summed E-state index contributed by atoms with van der Waals surface area (Å²) in [6.45, 7) is 5.04. The van der Waals surface area contributed by atoms with Crippen LogP contribution in [0.2, 0.25) is 5.02 Å². The van der Waals surface area contributed by atoms with Crippen LogP contribution in [0.4, 0.5) is 0 Å². The van der Waals surface area contributed by atoms with Crippen LogP contribution in [0.25, 0.3) is 10.6 Å². The highest BCUT2D eigenvalue weighted by molar-refractivity contribution is 9.10. The minimum atomic E-state index is 0.463. The lowest BCUT2D eigenvalue weighted by Crippen LogP contribution is -2.21. The van der Waals surface area contributed by atoms with Crippen molar-refractivity contribution >= 4 is 38.9 Å². The third kappa shape index (κ3) is 3.54. The van der Waals surface area contributed by atoms with Crippen molar-refractivity contribution in [3.63, 3.8) is 0 Å². The first kappa shape index (κ1) is 14.0. The van der Waals surface area contributed by atoms with Gasteiger partial charge in [0, 0.05) is 28.0 Å². The summed E-state index contributed by atoms with van der Waals surface area (Å²) in [5.41, 5.74) is 2.03. The van der Waals surface area contributed by atoms with E-state index in [1.54, 1.807) is 11.3 Å². The molecule has 2 aromatic rings. The fourth-order valence-electron chi connectivity index (χ4n) is 1.48. The number of nitrogens with zero attached hydrogens (tertiary/aromatic N) is 1. The van der Waals surface area contributed by atoms with Crippen LogP contribution in [0.3, 0.4) is 0 Å². The zero-order valence-electron chi connectivity index (χ0n) is 10.2. The first-order valence-electron chi connectivity index (χ1n) is 5.69. The van der Waals surface area contributed by atoms with Crippen molar-refractivity contribution in [2.75, 3.05) is 0 Å². The number of rotatable bonds is 4. The van der Waals surface area contributed by atoms with Crippen LogP contribution < -0.4 is 5.32 Å². The van der Waals surface area contributed by atoms with Crippen LogP contribution in [-0.4, -0.2) is 11.0 Å². The van der Waals surface area contributed by atoms with Crippen LogP contribution in [0.1, 0.15) is 19.5 Å². The van der Waals surface area contributed by atoms with Gasteiger partial charge in [0.25, 0.3) is 0 Å². The highest BCUT2D eigenvalue weighted by atomic mass is 79.9. The standard InChI is InChI=1S/C13H14BrClN2S/c1-8(2)16-6-10-7-18-13(17-10)11-5-9(14)3-4-12(11)15/h3-5,7-8,16H,6H2,1-2H3. The second-order valence-corrected chi connectivity index (χ2v) is 6.48. The van der Waals surface area contributed by atoms with E-state index in [-0.39, 0.29) is 0 Å². The Kier molecular flexibility index (Phi) is 4.78. The first-order valence-corrected chi connectivity index (χ1v) is 7.74. The van der Waals surface area contributed by atoms with Gasteiger partial charge in [-0.25, -0.2) is 4.98 Å². The Hall–Kier alpha value is -0.420. The van der Waals surface area contributed by atoms with Gasteiger partial charge in [-0.2, -0.15) is 0 Å². The Balaban J connectivity index is 2.21. The Morgan fingerprint density at radius 1 is 1.44 bits per heavy atom. The molecule has 0 fully saturated rings. The molecule has 0 saturated carbocycles. The van der Waals surface area contributed by atoms with E-state index < -0.39 is 0 Å². The lowest BCUT2D eigenvalue weighted by Gasteiger charge is -2.05.